The van der Waals surface area contributed by atoms with Crippen LogP contribution in [0.25, 0.3) is 0 Å². The van der Waals surface area contributed by atoms with Crippen LogP contribution in [0.3, 0.4) is 0 Å². The number of hydrogen-bond acceptors (Lipinski definition) is 1. The number of hydrogen-bond donors (Lipinski definition) is 1. The van der Waals surface area contributed by atoms with Crippen molar-refractivity contribution < 1.29 is 5.11 Å². The molecule has 0 fully saturated rings. The molecule has 0 aliphatic heterocycles. The second-order valence-corrected chi connectivity index (χ2v) is 5.66. The maximum absolute atomic E-state index is 8.64. The van der Waals surface area contributed by atoms with E-state index in [1.807, 2.05) is 0 Å². The van der Waals surface area contributed by atoms with Gasteiger partial charge in [-0.2, -0.15) is 0 Å². The van der Waals surface area contributed by atoms with Gasteiger partial charge in [-0.1, -0.05) is 83.3 Å². The molecular formula is C18H36O. The molecule has 0 aromatic carbocycles. The van der Waals surface area contributed by atoms with Gasteiger partial charge in [0.1, 0.15) is 0 Å². The summed E-state index contributed by atoms with van der Waals surface area (Å²) < 4.78 is 0. The highest BCUT2D eigenvalue weighted by Crippen LogP contribution is 2.12. The van der Waals surface area contributed by atoms with Gasteiger partial charge in [-0.15, -0.1) is 0 Å². The molecule has 0 aromatic rings. The zero-order valence-corrected chi connectivity index (χ0v) is 13.2. The van der Waals surface area contributed by atoms with E-state index in [2.05, 4.69) is 19.1 Å². The Hall–Kier alpha value is -0.300. The third-order valence-corrected chi connectivity index (χ3v) is 3.67. The predicted molar refractivity (Wildman–Crippen MR) is 86.5 cm³/mol. The number of rotatable bonds is 15. The summed E-state index contributed by atoms with van der Waals surface area (Å²) in [5.41, 5.74) is 0. The van der Waals surface area contributed by atoms with E-state index in [-0.39, 0.29) is 0 Å². The first kappa shape index (κ1) is 18.7. The first-order valence-electron chi connectivity index (χ1n) is 8.67. The predicted octanol–water partition coefficient (Wildman–Crippen LogP) is 6.02. The van der Waals surface area contributed by atoms with Crippen LogP contribution in [0.4, 0.5) is 0 Å². The van der Waals surface area contributed by atoms with E-state index in [1.165, 1.54) is 77.0 Å². The Morgan fingerprint density at radius 3 is 1.47 bits per heavy atom. The van der Waals surface area contributed by atoms with Gasteiger partial charge >= 0.3 is 0 Å². The van der Waals surface area contributed by atoms with Crippen LogP contribution in [-0.4, -0.2) is 11.7 Å². The summed E-state index contributed by atoms with van der Waals surface area (Å²) in [6.45, 7) is 2.60. The Balaban J connectivity index is 2.97. The van der Waals surface area contributed by atoms with Crippen molar-refractivity contribution in [2.75, 3.05) is 6.61 Å². The SMILES string of the molecule is CCCCCCCCCCCCC/C=C/CCCO. The lowest BCUT2D eigenvalue weighted by molar-refractivity contribution is 0.289. The Morgan fingerprint density at radius 2 is 1.00 bits per heavy atom. The highest BCUT2D eigenvalue weighted by atomic mass is 16.2. The standard InChI is InChI=1S/C18H36O/c1-2-3-4-5-6-7-8-9-10-11-12-13-14-15-16-17-18-19/h14-15,19H,2-13,16-18H2,1H3/b15-14+. The number of allylic oxidation sites excluding steroid dienone is 2. The van der Waals surface area contributed by atoms with Crippen LogP contribution in [0, 0.1) is 0 Å². The maximum Gasteiger partial charge on any atom is 0.0433 e. The van der Waals surface area contributed by atoms with E-state index in [0.29, 0.717) is 6.61 Å². The average Bonchev–Trinajstić information content (AvgIpc) is 2.43. The van der Waals surface area contributed by atoms with Crippen LogP contribution in [0.1, 0.15) is 96.8 Å². The molecule has 0 bridgehead atoms. The van der Waals surface area contributed by atoms with Crippen LogP contribution in [-0.2, 0) is 0 Å². The van der Waals surface area contributed by atoms with Gasteiger partial charge in [0, 0.05) is 6.61 Å². The van der Waals surface area contributed by atoms with E-state index in [1.54, 1.807) is 0 Å². The van der Waals surface area contributed by atoms with E-state index in [4.69, 9.17) is 5.11 Å². The lowest BCUT2D eigenvalue weighted by Crippen LogP contribution is -1.82. The summed E-state index contributed by atoms with van der Waals surface area (Å²) in [4.78, 5) is 0. The van der Waals surface area contributed by atoms with Crippen molar-refractivity contribution in [3.63, 3.8) is 0 Å². The quantitative estimate of drug-likeness (QED) is 0.284. The summed E-state index contributed by atoms with van der Waals surface area (Å²) in [7, 11) is 0. The molecule has 0 aromatic heterocycles. The molecule has 0 aliphatic rings. The summed E-state index contributed by atoms with van der Waals surface area (Å²) >= 11 is 0. The molecule has 0 aliphatic carbocycles. The van der Waals surface area contributed by atoms with Crippen LogP contribution in [0.2, 0.25) is 0 Å². The molecule has 0 saturated heterocycles. The summed E-state index contributed by atoms with van der Waals surface area (Å²) in [6.07, 6.45) is 23.3. The van der Waals surface area contributed by atoms with Gasteiger partial charge in [-0.05, 0) is 25.7 Å². The van der Waals surface area contributed by atoms with Crippen LogP contribution in [0.15, 0.2) is 12.2 Å². The normalized spacial score (nSPS) is 11.5. The average molecular weight is 268 g/mol. The summed E-state index contributed by atoms with van der Waals surface area (Å²) in [5.74, 6) is 0. The number of aliphatic hydroxyl groups excluding tert-OH is 1. The number of aliphatic hydroxyl groups is 1. The van der Waals surface area contributed by atoms with Crippen LogP contribution < -0.4 is 0 Å². The topological polar surface area (TPSA) is 20.2 Å². The van der Waals surface area contributed by atoms with Crippen molar-refractivity contribution in [1.82, 2.24) is 0 Å². The van der Waals surface area contributed by atoms with Crippen molar-refractivity contribution in [2.24, 2.45) is 0 Å². The molecule has 0 spiro atoms. The third-order valence-electron chi connectivity index (χ3n) is 3.67. The van der Waals surface area contributed by atoms with Gasteiger partial charge in [0.2, 0.25) is 0 Å². The molecule has 19 heavy (non-hydrogen) atoms. The molecule has 1 nitrogen and oxygen atoms in total. The second-order valence-electron chi connectivity index (χ2n) is 5.66. The van der Waals surface area contributed by atoms with Gasteiger partial charge in [0.05, 0.1) is 0 Å². The fourth-order valence-electron chi connectivity index (χ4n) is 2.37. The Kier molecular flexibility index (Phi) is 17.4. The lowest BCUT2D eigenvalue weighted by Gasteiger charge is -2.01. The highest BCUT2D eigenvalue weighted by Gasteiger charge is 1.92. The fraction of sp³-hybridized carbons (Fsp3) is 0.889. The maximum atomic E-state index is 8.64. The Morgan fingerprint density at radius 1 is 0.579 bits per heavy atom. The molecule has 0 saturated carbocycles. The third kappa shape index (κ3) is 17.7. The monoisotopic (exact) mass is 268 g/mol. The minimum atomic E-state index is 0.322. The van der Waals surface area contributed by atoms with E-state index in [9.17, 15) is 0 Å². The van der Waals surface area contributed by atoms with Crippen molar-refractivity contribution in [2.45, 2.75) is 96.8 Å². The highest BCUT2D eigenvalue weighted by molar-refractivity contribution is 4.81. The molecular weight excluding hydrogens is 232 g/mol. The Labute approximate surface area is 121 Å². The zero-order chi connectivity index (χ0) is 14.0. The van der Waals surface area contributed by atoms with Crippen molar-refractivity contribution in [1.29, 1.82) is 0 Å². The van der Waals surface area contributed by atoms with Gasteiger partial charge in [-0.25, -0.2) is 0 Å². The molecule has 1 N–H and O–H groups in total. The molecule has 0 atom stereocenters. The summed E-state index contributed by atoms with van der Waals surface area (Å²) in [6, 6.07) is 0. The van der Waals surface area contributed by atoms with E-state index >= 15 is 0 Å². The van der Waals surface area contributed by atoms with Crippen LogP contribution in [0.5, 0.6) is 0 Å². The molecule has 0 radical (unpaired) electrons. The molecule has 0 heterocycles. The van der Waals surface area contributed by atoms with E-state index in [0.717, 1.165) is 12.8 Å². The van der Waals surface area contributed by atoms with Gasteiger partial charge in [0.25, 0.3) is 0 Å². The van der Waals surface area contributed by atoms with Gasteiger partial charge in [0.15, 0.2) is 0 Å². The van der Waals surface area contributed by atoms with Gasteiger partial charge < -0.3 is 5.11 Å². The molecule has 0 rings (SSSR count). The largest absolute Gasteiger partial charge is 0.396 e. The van der Waals surface area contributed by atoms with Crippen molar-refractivity contribution in [3.8, 4) is 0 Å². The first-order chi connectivity index (χ1) is 9.41. The van der Waals surface area contributed by atoms with Crippen molar-refractivity contribution in [3.05, 3.63) is 12.2 Å². The minimum absolute atomic E-state index is 0.322. The summed E-state index contributed by atoms with van der Waals surface area (Å²) in [5, 5.41) is 8.64. The smallest absolute Gasteiger partial charge is 0.0433 e. The van der Waals surface area contributed by atoms with Crippen LogP contribution >= 0.6 is 0 Å². The molecule has 0 amide bonds. The van der Waals surface area contributed by atoms with Crippen molar-refractivity contribution >= 4 is 0 Å². The first-order valence-corrected chi connectivity index (χ1v) is 8.67. The van der Waals surface area contributed by atoms with Gasteiger partial charge in [-0.3, -0.25) is 0 Å². The zero-order valence-electron chi connectivity index (χ0n) is 13.2. The lowest BCUT2D eigenvalue weighted by atomic mass is 10.1. The molecule has 114 valence electrons. The van der Waals surface area contributed by atoms with E-state index < -0.39 is 0 Å². The molecule has 0 unspecified atom stereocenters. The number of unbranched alkanes of at least 4 members (excludes halogenated alkanes) is 12. The Bertz CT molecular complexity index is 175. The minimum Gasteiger partial charge on any atom is -0.396 e. The fourth-order valence-corrected chi connectivity index (χ4v) is 2.37. The molecule has 1 heteroatoms. The second kappa shape index (κ2) is 17.7.